The van der Waals surface area contributed by atoms with E-state index in [1.54, 1.807) is 0 Å². The number of rotatable bonds is 3. The molecule has 0 saturated heterocycles. The Balaban J connectivity index is 2.26. The summed E-state index contributed by atoms with van der Waals surface area (Å²) in [4.78, 5) is 4.49. The maximum atomic E-state index is 13.8. The van der Waals surface area contributed by atoms with Crippen LogP contribution in [-0.2, 0) is 4.57 Å². The molecule has 0 atom stereocenters. The van der Waals surface area contributed by atoms with Gasteiger partial charge in [0.15, 0.2) is 11.9 Å². The first-order valence-corrected chi connectivity index (χ1v) is 8.94. The molecule has 0 fully saturated rings. The number of aryl methyl sites for hydroxylation is 1. The highest BCUT2D eigenvalue weighted by Crippen LogP contribution is 2.42. The van der Waals surface area contributed by atoms with Gasteiger partial charge in [-0.15, -0.1) is 11.3 Å². The van der Waals surface area contributed by atoms with Crippen molar-refractivity contribution in [2.24, 2.45) is 0 Å². The summed E-state index contributed by atoms with van der Waals surface area (Å²) in [6.07, 6.45) is 0. The molecule has 2 nitrogen and oxygen atoms in total. The van der Waals surface area contributed by atoms with E-state index in [1.807, 2.05) is 73.0 Å². The van der Waals surface area contributed by atoms with Crippen LogP contribution in [0.4, 0.5) is 0 Å². The van der Waals surface area contributed by atoms with E-state index >= 15 is 0 Å². The second kappa shape index (κ2) is 5.35. The summed E-state index contributed by atoms with van der Waals surface area (Å²) in [6, 6.07) is 19.2. The van der Waals surface area contributed by atoms with Crippen LogP contribution < -0.4 is 15.4 Å². The van der Waals surface area contributed by atoms with E-state index in [0.717, 1.165) is 16.3 Å². The van der Waals surface area contributed by atoms with Gasteiger partial charge in [-0.05, 0) is 6.92 Å². The average molecular weight is 299 g/mol. The van der Waals surface area contributed by atoms with Crippen LogP contribution in [0.2, 0.25) is 0 Å². The lowest BCUT2D eigenvalue weighted by atomic mass is 10.4. The SMILES string of the molecule is Cc1csc(P(=O)(c2ccccc2)c2ccccc2)n1. The van der Waals surface area contributed by atoms with Crippen molar-refractivity contribution in [3.05, 3.63) is 71.7 Å². The molecule has 3 aromatic rings. The summed E-state index contributed by atoms with van der Waals surface area (Å²) in [5.41, 5.74) is 0.914. The number of thiazole rings is 1. The highest BCUT2D eigenvalue weighted by Gasteiger charge is 2.32. The minimum atomic E-state index is -2.85. The van der Waals surface area contributed by atoms with Crippen molar-refractivity contribution in [2.45, 2.75) is 6.92 Å². The molecule has 100 valence electrons. The quantitative estimate of drug-likeness (QED) is 0.696. The minimum Gasteiger partial charge on any atom is -0.306 e. The Morgan fingerprint density at radius 1 is 0.900 bits per heavy atom. The number of hydrogen-bond donors (Lipinski definition) is 0. The third kappa shape index (κ3) is 2.24. The fraction of sp³-hybridized carbons (Fsp3) is 0.0625. The van der Waals surface area contributed by atoms with Crippen molar-refractivity contribution < 1.29 is 4.57 Å². The molecule has 0 amide bonds. The molecule has 4 heteroatoms. The topological polar surface area (TPSA) is 30.0 Å². The number of nitrogens with zero attached hydrogens (tertiary/aromatic N) is 1. The van der Waals surface area contributed by atoms with Crippen molar-refractivity contribution >= 4 is 33.8 Å². The van der Waals surface area contributed by atoms with Crippen molar-refractivity contribution in [3.63, 3.8) is 0 Å². The molecule has 20 heavy (non-hydrogen) atoms. The standard InChI is InChI=1S/C16H14NOPS/c1-13-12-20-16(17-13)19(18,14-8-4-2-5-9-14)15-10-6-3-7-11-15/h2-12H,1H3. The zero-order valence-electron chi connectivity index (χ0n) is 11.1. The van der Waals surface area contributed by atoms with Gasteiger partial charge in [-0.2, -0.15) is 0 Å². The summed E-state index contributed by atoms with van der Waals surface area (Å²) in [7, 11) is -2.85. The lowest BCUT2D eigenvalue weighted by molar-refractivity contribution is 0.592. The molecule has 0 unspecified atom stereocenters. The van der Waals surface area contributed by atoms with Gasteiger partial charge in [-0.25, -0.2) is 4.98 Å². The Morgan fingerprint density at radius 2 is 1.40 bits per heavy atom. The molecule has 0 N–H and O–H groups in total. The van der Waals surface area contributed by atoms with Crippen LogP contribution in [0.5, 0.6) is 0 Å². The molecule has 0 aliphatic rings. The molecule has 0 aliphatic heterocycles. The van der Waals surface area contributed by atoms with Gasteiger partial charge < -0.3 is 4.57 Å². The number of aromatic nitrogens is 1. The monoisotopic (exact) mass is 299 g/mol. The summed E-state index contributed by atoms with van der Waals surface area (Å²) in [5.74, 6) is 0. The van der Waals surface area contributed by atoms with Gasteiger partial charge in [0.1, 0.15) is 0 Å². The summed E-state index contributed by atoms with van der Waals surface area (Å²) < 4.78 is 14.5. The maximum Gasteiger partial charge on any atom is 0.198 e. The second-order valence-corrected chi connectivity index (χ2v) is 8.39. The normalized spacial score (nSPS) is 11.4. The third-order valence-electron chi connectivity index (χ3n) is 3.12. The van der Waals surface area contributed by atoms with Gasteiger partial charge in [0, 0.05) is 21.7 Å². The molecule has 0 bridgehead atoms. The molecule has 0 radical (unpaired) electrons. The van der Waals surface area contributed by atoms with Crippen LogP contribution in [0, 0.1) is 6.92 Å². The van der Waals surface area contributed by atoms with Gasteiger partial charge in [0.2, 0.25) is 0 Å². The van der Waals surface area contributed by atoms with Crippen molar-refractivity contribution in [3.8, 4) is 0 Å². The van der Waals surface area contributed by atoms with E-state index in [4.69, 9.17) is 0 Å². The van der Waals surface area contributed by atoms with Crippen molar-refractivity contribution in [2.75, 3.05) is 0 Å². The number of benzene rings is 2. The fourth-order valence-corrected chi connectivity index (χ4v) is 6.26. The van der Waals surface area contributed by atoms with Crippen LogP contribution in [-0.4, -0.2) is 4.98 Å². The Hall–Kier alpha value is -1.70. The third-order valence-corrected chi connectivity index (χ3v) is 7.65. The molecular formula is C16H14NOPS. The molecule has 0 saturated carbocycles. The molecule has 0 aliphatic carbocycles. The van der Waals surface area contributed by atoms with Crippen LogP contribution in [0.15, 0.2) is 66.0 Å². The van der Waals surface area contributed by atoms with E-state index in [-0.39, 0.29) is 0 Å². The predicted octanol–water partition coefficient (Wildman–Crippen LogP) is 3.09. The van der Waals surface area contributed by atoms with Gasteiger partial charge in [0.05, 0.1) is 0 Å². The maximum absolute atomic E-state index is 13.8. The lowest BCUT2D eigenvalue weighted by Gasteiger charge is -2.16. The van der Waals surface area contributed by atoms with Crippen LogP contribution >= 0.6 is 18.5 Å². The fourth-order valence-electron chi connectivity index (χ4n) is 2.13. The highest BCUT2D eigenvalue weighted by molar-refractivity contribution is 7.88. The summed E-state index contributed by atoms with van der Waals surface area (Å²) in [6.45, 7) is 1.93. The van der Waals surface area contributed by atoms with E-state index in [1.165, 1.54) is 11.3 Å². The lowest BCUT2D eigenvalue weighted by Crippen LogP contribution is -2.24. The number of hydrogen-bond acceptors (Lipinski definition) is 3. The van der Waals surface area contributed by atoms with Gasteiger partial charge in [0.25, 0.3) is 0 Å². The Morgan fingerprint density at radius 3 is 1.80 bits per heavy atom. The zero-order valence-corrected chi connectivity index (χ0v) is 12.8. The molecule has 2 aromatic carbocycles. The van der Waals surface area contributed by atoms with Gasteiger partial charge in [-0.3, -0.25) is 0 Å². The van der Waals surface area contributed by atoms with E-state index in [9.17, 15) is 4.57 Å². The molecule has 3 rings (SSSR count). The molecular weight excluding hydrogens is 285 g/mol. The Labute approximate surface area is 122 Å². The van der Waals surface area contributed by atoms with Crippen molar-refractivity contribution in [1.82, 2.24) is 4.98 Å². The van der Waals surface area contributed by atoms with E-state index in [0.29, 0.717) is 4.75 Å². The average Bonchev–Trinajstić information content (AvgIpc) is 2.95. The molecule has 1 aromatic heterocycles. The van der Waals surface area contributed by atoms with E-state index < -0.39 is 7.14 Å². The molecule has 1 heterocycles. The first-order valence-electron chi connectivity index (χ1n) is 6.35. The Kier molecular flexibility index (Phi) is 3.56. The first-order chi connectivity index (χ1) is 9.71. The summed E-state index contributed by atoms with van der Waals surface area (Å²) in [5, 5.41) is 3.62. The van der Waals surface area contributed by atoms with Crippen LogP contribution in [0.3, 0.4) is 0 Å². The Bertz CT molecular complexity index is 709. The zero-order chi connectivity index (χ0) is 14.0. The highest BCUT2D eigenvalue weighted by atomic mass is 32.1. The van der Waals surface area contributed by atoms with Crippen LogP contribution in [0.1, 0.15) is 5.69 Å². The van der Waals surface area contributed by atoms with Crippen LogP contribution in [0.25, 0.3) is 0 Å². The predicted molar refractivity (Wildman–Crippen MR) is 86.2 cm³/mol. The van der Waals surface area contributed by atoms with Crippen molar-refractivity contribution in [1.29, 1.82) is 0 Å². The van der Waals surface area contributed by atoms with Gasteiger partial charge in [-0.1, -0.05) is 60.7 Å². The first kappa shape index (κ1) is 13.3. The molecule has 0 spiro atoms. The largest absolute Gasteiger partial charge is 0.306 e. The smallest absolute Gasteiger partial charge is 0.198 e. The van der Waals surface area contributed by atoms with E-state index in [2.05, 4.69) is 4.98 Å². The van der Waals surface area contributed by atoms with Gasteiger partial charge >= 0.3 is 0 Å². The summed E-state index contributed by atoms with van der Waals surface area (Å²) >= 11 is 1.47. The second-order valence-electron chi connectivity index (χ2n) is 4.55. The minimum absolute atomic E-state index is 0.701.